The lowest BCUT2D eigenvalue weighted by atomic mass is 9.93. The first kappa shape index (κ1) is 12.2. The van der Waals surface area contributed by atoms with Gasteiger partial charge in [-0.3, -0.25) is 4.98 Å². The number of rotatable bonds is 6. The fourth-order valence-electron chi connectivity index (χ4n) is 1.88. The van der Waals surface area contributed by atoms with Crippen LogP contribution in [-0.2, 0) is 6.42 Å². The zero-order valence-electron chi connectivity index (χ0n) is 9.69. The van der Waals surface area contributed by atoms with Gasteiger partial charge >= 0.3 is 0 Å². The van der Waals surface area contributed by atoms with E-state index < -0.39 is 0 Å². The summed E-state index contributed by atoms with van der Waals surface area (Å²) in [6.07, 6.45) is 7.31. The van der Waals surface area contributed by atoms with Gasteiger partial charge in [-0.25, -0.2) is 0 Å². The second-order valence-corrected chi connectivity index (χ2v) is 4.14. The van der Waals surface area contributed by atoms with Gasteiger partial charge in [0.25, 0.3) is 0 Å². The highest BCUT2D eigenvalue weighted by Crippen LogP contribution is 2.17. The minimum absolute atomic E-state index is 0.223. The Bertz CT molecular complexity index is 256. The smallest absolute Gasteiger partial charge is 0.0583 e. The van der Waals surface area contributed by atoms with Crippen LogP contribution in [0.1, 0.15) is 38.7 Å². The molecular formula is C13H21NO. The SMILES string of the molecule is CCC(CC)CC(O)Cc1cccnc1. The van der Waals surface area contributed by atoms with Crippen LogP contribution in [0.2, 0.25) is 0 Å². The molecule has 15 heavy (non-hydrogen) atoms. The maximum absolute atomic E-state index is 9.91. The summed E-state index contributed by atoms with van der Waals surface area (Å²) >= 11 is 0. The molecular weight excluding hydrogens is 186 g/mol. The van der Waals surface area contributed by atoms with Gasteiger partial charge in [0.1, 0.15) is 0 Å². The van der Waals surface area contributed by atoms with E-state index in [2.05, 4.69) is 18.8 Å². The molecule has 2 heteroatoms. The Labute approximate surface area is 92.4 Å². The normalized spacial score (nSPS) is 13.1. The highest BCUT2D eigenvalue weighted by Gasteiger charge is 2.11. The Hall–Kier alpha value is -0.890. The van der Waals surface area contributed by atoms with Crippen molar-refractivity contribution in [2.45, 2.75) is 45.6 Å². The molecule has 1 atom stereocenters. The van der Waals surface area contributed by atoms with Crippen molar-refractivity contribution in [1.82, 2.24) is 4.98 Å². The first-order valence-corrected chi connectivity index (χ1v) is 5.83. The van der Waals surface area contributed by atoms with Crippen LogP contribution in [0, 0.1) is 5.92 Å². The predicted octanol–water partition coefficient (Wildman–Crippen LogP) is 2.81. The molecule has 0 radical (unpaired) electrons. The number of nitrogens with zero attached hydrogens (tertiary/aromatic N) is 1. The summed E-state index contributed by atoms with van der Waals surface area (Å²) in [4.78, 5) is 4.05. The molecule has 0 amide bonds. The maximum Gasteiger partial charge on any atom is 0.0583 e. The molecule has 0 aliphatic carbocycles. The summed E-state index contributed by atoms with van der Waals surface area (Å²) in [5.41, 5.74) is 1.12. The van der Waals surface area contributed by atoms with Crippen LogP contribution in [0.4, 0.5) is 0 Å². The summed E-state index contributed by atoms with van der Waals surface area (Å²) in [6, 6.07) is 3.93. The Morgan fingerprint density at radius 3 is 2.60 bits per heavy atom. The van der Waals surface area contributed by atoms with Gasteiger partial charge < -0.3 is 5.11 Å². The first-order chi connectivity index (χ1) is 7.26. The number of aliphatic hydroxyl groups is 1. The number of aromatic nitrogens is 1. The molecule has 0 bridgehead atoms. The minimum Gasteiger partial charge on any atom is -0.393 e. The largest absolute Gasteiger partial charge is 0.393 e. The van der Waals surface area contributed by atoms with Crippen LogP contribution >= 0.6 is 0 Å². The van der Waals surface area contributed by atoms with Crippen molar-refractivity contribution >= 4 is 0 Å². The first-order valence-electron chi connectivity index (χ1n) is 5.83. The van der Waals surface area contributed by atoms with E-state index in [0.717, 1.165) is 31.2 Å². The van der Waals surface area contributed by atoms with E-state index in [1.165, 1.54) is 0 Å². The molecule has 0 aliphatic heterocycles. The third-order valence-electron chi connectivity index (χ3n) is 2.95. The fraction of sp³-hybridized carbons (Fsp3) is 0.615. The van der Waals surface area contributed by atoms with Crippen molar-refractivity contribution in [2.75, 3.05) is 0 Å². The fourth-order valence-corrected chi connectivity index (χ4v) is 1.88. The van der Waals surface area contributed by atoms with Crippen molar-refractivity contribution < 1.29 is 5.11 Å². The van der Waals surface area contributed by atoms with Gasteiger partial charge in [-0.2, -0.15) is 0 Å². The number of pyridine rings is 1. The van der Waals surface area contributed by atoms with Crippen molar-refractivity contribution in [3.8, 4) is 0 Å². The van der Waals surface area contributed by atoms with Crippen LogP contribution in [0.15, 0.2) is 24.5 Å². The highest BCUT2D eigenvalue weighted by molar-refractivity contribution is 5.09. The van der Waals surface area contributed by atoms with Gasteiger partial charge in [-0.15, -0.1) is 0 Å². The van der Waals surface area contributed by atoms with Crippen LogP contribution in [0.25, 0.3) is 0 Å². The third-order valence-corrected chi connectivity index (χ3v) is 2.95. The molecule has 0 spiro atoms. The van der Waals surface area contributed by atoms with Crippen LogP contribution < -0.4 is 0 Å². The van der Waals surface area contributed by atoms with E-state index in [0.29, 0.717) is 5.92 Å². The monoisotopic (exact) mass is 207 g/mol. The average molecular weight is 207 g/mol. The van der Waals surface area contributed by atoms with Gasteiger partial charge in [0.15, 0.2) is 0 Å². The number of aliphatic hydroxyl groups excluding tert-OH is 1. The summed E-state index contributed by atoms with van der Waals surface area (Å²) in [5.74, 6) is 0.650. The van der Waals surface area contributed by atoms with Crippen molar-refractivity contribution in [3.05, 3.63) is 30.1 Å². The summed E-state index contributed by atoms with van der Waals surface area (Å²) in [6.45, 7) is 4.37. The zero-order chi connectivity index (χ0) is 11.1. The van der Waals surface area contributed by atoms with Gasteiger partial charge in [0.2, 0.25) is 0 Å². The van der Waals surface area contributed by atoms with Crippen LogP contribution in [0.5, 0.6) is 0 Å². The molecule has 0 aliphatic rings. The molecule has 1 N–H and O–H groups in total. The standard InChI is InChI=1S/C13H21NO/c1-3-11(4-2)8-13(15)9-12-6-5-7-14-10-12/h5-7,10-11,13,15H,3-4,8-9H2,1-2H3. The Balaban J connectivity index is 2.39. The molecule has 1 heterocycles. The molecule has 1 rings (SSSR count). The third kappa shape index (κ3) is 4.43. The minimum atomic E-state index is -0.223. The molecule has 0 saturated heterocycles. The van der Waals surface area contributed by atoms with E-state index in [-0.39, 0.29) is 6.10 Å². The molecule has 1 aromatic heterocycles. The van der Waals surface area contributed by atoms with E-state index in [4.69, 9.17) is 0 Å². The van der Waals surface area contributed by atoms with Gasteiger partial charge in [0, 0.05) is 12.4 Å². The van der Waals surface area contributed by atoms with Gasteiger partial charge in [0.05, 0.1) is 6.10 Å². The van der Waals surface area contributed by atoms with Gasteiger partial charge in [-0.1, -0.05) is 32.8 Å². The van der Waals surface area contributed by atoms with Crippen LogP contribution in [-0.4, -0.2) is 16.2 Å². The average Bonchev–Trinajstić information content (AvgIpc) is 2.27. The zero-order valence-corrected chi connectivity index (χ0v) is 9.69. The van der Waals surface area contributed by atoms with Crippen molar-refractivity contribution in [3.63, 3.8) is 0 Å². The lowest BCUT2D eigenvalue weighted by Gasteiger charge is -2.17. The van der Waals surface area contributed by atoms with Crippen molar-refractivity contribution in [2.24, 2.45) is 5.92 Å². The Kier molecular flexibility index (Phi) is 5.33. The molecule has 84 valence electrons. The van der Waals surface area contributed by atoms with E-state index in [9.17, 15) is 5.11 Å². The second kappa shape index (κ2) is 6.57. The summed E-state index contributed by atoms with van der Waals surface area (Å²) < 4.78 is 0. The Morgan fingerprint density at radius 1 is 1.33 bits per heavy atom. The highest BCUT2D eigenvalue weighted by atomic mass is 16.3. The van der Waals surface area contributed by atoms with E-state index in [1.54, 1.807) is 6.20 Å². The van der Waals surface area contributed by atoms with Crippen molar-refractivity contribution in [1.29, 1.82) is 0 Å². The predicted molar refractivity (Wildman–Crippen MR) is 62.6 cm³/mol. The van der Waals surface area contributed by atoms with E-state index in [1.807, 2.05) is 18.3 Å². The molecule has 1 aromatic rings. The number of hydrogen-bond acceptors (Lipinski definition) is 2. The number of hydrogen-bond donors (Lipinski definition) is 1. The maximum atomic E-state index is 9.91. The molecule has 0 fully saturated rings. The molecule has 2 nitrogen and oxygen atoms in total. The molecule has 0 saturated carbocycles. The van der Waals surface area contributed by atoms with E-state index >= 15 is 0 Å². The quantitative estimate of drug-likeness (QED) is 0.778. The lowest BCUT2D eigenvalue weighted by Crippen LogP contribution is -2.15. The topological polar surface area (TPSA) is 33.1 Å². The summed E-state index contributed by atoms with van der Waals surface area (Å²) in [7, 11) is 0. The second-order valence-electron chi connectivity index (χ2n) is 4.14. The van der Waals surface area contributed by atoms with Crippen LogP contribution in [0.3, 0.4) is 0 Å². The Morgan fingerprint density at radius 2 is 2.07 bits per heavy atom. The molecule has 1 unspecified atom stereocenters. The molecule has 0 aromatic carbocycles. The summed E-state index contributed by atoms with van der Waals surface area (Å²) in [5, 5.41) is 9.91. The van der Waals surface area contributed by atoms with Gasteiger partial charge in [-0.05, 0) is 30.4 Å². The lowest BCUT2D eigenvalue weighted by molar-refractivity contribution is 0.139.